The molecule has 1 aromatic rings. The van der Waals surface area contributed by atoms with E-state index in [1.54, 1.807) is 12.1 Å². The third kappa shape index (κ3) is 6.40. The Labute approximate surface area is 147 Å². The molecule has 0 spiro atoms. The highest BCUT2D eigenvalue weighted by Gasteiger charge is 2.36. The SMILES string of the molecule is Cc1ccc(S(=O)(=O)OCC#CCCO[Si](C)(C)C(C)(C)C)cc1. The Morgan fingerprint density at radius 1 is 1.08 bits per heavy atom. The average Bonchev–Trinajstić information content (AvgIpc) is 2.45. The Kier molecular flexibility index (Phi) is 7.23. The smallest absolute Gasteiger partial charge is 0.297 e. The summed E-state index contributed by atoms with van der Waals surface area (Å²) in [6, 6.07) is 6.54. The van der Waals surface area contributed by atoms with Gasteiger partial charge in [-0.15, -0.1) is 0 Å². The van der Waals surface area contributed by atoms with Crippen molar-refractivity contribution >= 4 is 18.4 Å². The minimum Gasteiger partial charge on any atom is -0.416 e. The van der Waals surface area contributed by atoms with Crippen molar-refractivity contribution in [3.05, 3.63) is 29.8 Å². The molecule has 0 saturated carbocycles. The highest BCUT2D eigenvalue weighted by Crippen LogP contribution is 2.36. The molecule has 0 N–H and O–H groups in total. The van der Waals surface area contributed by atoms with Gasteiger partial charge in [-0.3, -0.25) is 4.18 Å². The van der Waals surface area contributed by atoms with Crippen molar-refractivity contribution in [2.75, 3.05) is 13.2 Å². The van der Waals surface area contributed by atoms with Gasteiger partial charge >= 0.3 is 0 Å². The number of hydrogen-bond acceptors (Lipinski definition) is 4. The second kappa shape index (κ2) is 8.30. The lowest BCUT2D eigenvalue weighted by Gasteiger charge is -2.35. The van der Waals surface area contributed by atoms with E-state index in [2.05, 4.69) is 45.7 Å². The van der Waals surface area contributed by atoms with Crippen LogP contribution in [0.1, 0.15) is 32.8 Å². The molecule has 0 aliphatic rings. The van der Waals surface area contributed by atoms with Gasteiger partial charge < -0.3 is 4.43 Å². The van der Waals surface area contributed by atoms with Crippen LogP contribution in [0, 0.1) is 18.8 Å². The maximum absolute atomic E-state index is 12.0. The van der Waals surface area contributed by atoms with E-state index in [-0.39, 0.29) is 16.5 Å². The molecule has 0 fully saturated rings. The van der Waals surface area contributed by atoms with Gasteiger partial charge in [0.05, 0.1) is 4.90 Å². The zero-order chi connectivity index (χ0) is 18.4. The molecule has 0 saturated heterocycles. The Morgan fingerprint density at radius 3 is 2.21 bits per heavy atom. The Hall–Kier alpha value is -1.13. The predicted octanol–water partition coefficient (Wildman–Crippen LogP) is 4.12. The normalized spacial score (nSPS) is 12.6. The molecule has 0 radical (unpaired) electrons. The first kappa shape index (κ1) is 20.9. The van der Waals surface area contributed by atoms with Gasteiger partial charge in [0.25, 0.3) is 10.1 Å². The molecular formula is C18H28O4SSi. The van der Waals surface area contributed by atoms with E-state index in [1.807, 2.05) is 6.92 Å². The molecule has 0 unspecified atom stereocenters. The lowest BCUT2D eigenvalue weighted by Crippen LogP contribution is -2.40. The van der Waals surface area contributed by atoms with Crippen molar-refractivity contribution in [2.45, 2.75) is 57.1 Å². The molecule has 6 heteroatoms. The van der Waals surface area contributed by atoms with E-state index in [0.29, 0.717) is 13.0 Å². The van der Waals surface area contributed by atoms with Gasteiger partial charge in [-0.05, 0) is 37.2 Å². The summed E-state index contributed by atoms with van der Waals surface area (Å²) in [4.78, 5) is 0.149. The van der Waals surface area contributed by atoms with Crippen molar-refractivity contribution < 1.29 is 17.0 Å². The highest BCUT2D eigenvalue weighted by molar-refractivity contribution is 7.86. The van der Waals surface area contributed by atoms with Crippen LogP contribution in [0.3, 0.4) is 0 Å². The molecular weight excluding hydrogens is 340 g/mol. The standard InChI is InChI=1S/C18H28O4SSi/c1-16-10-12-17(13-11-16)23(19,20)21-14-8-7-9-15-22-24(5,6)18(2,3)4/h10-13H,9,14-15H2,1-6H3. The van der Waals surface area contributed by atoms with Crippen LogP contribution in [0.2, 0.25) is 18.1 Å². The predicted molar refractivity (Wildman–Crippen MR) is 99.9 cm³/mol. The average molecular weight is 369 g/mol. The summed E-state index contributed by atoms with van der Waals surface area (Å²) in [5.41, 5.74) is 0.996. The first-order chi connectivity index (χ1) is 11.0. The van der Waals surface area contributed by atoms with Crippen LogP contribution >= 0.6 is 0 Å². The van der Waals surface area contributed by atoms with Crippen molar-refractivity contribution in [2.24, 2.45) is 0 Å². The molecule has 0 amide bonds. The summed E-state index contributed by atoms with van der Waals surface area (Å²) >= 11 is 0. The van der Waals surface area contributed by atoms with Gasteiger partial charge in [-0.25, -0.2) is 0 Å². The second-order valence-corrected chi connectivity index (χ2v) is 13.7. The molecule has 4 nitrogen and oxygen atoms in total. The molecule has 0 heterocycles. The van der Waals surface area contributed by atoms with Crippen LogP contribution in [0.5, 0.6) is 0 Å². The highest BCUT2D eigenvalue weighted by atomic mass is 32.2. The van der Waals surface area contributed by atoms with E-state index in [4.69, 9.17) is 8.61 Å². The third-order valence-electron chi connectivity index (χ3n) is 4.22. The molecule has 0 aliphatic carbocycles. The van der Waals surface area contributed by atoms with E-state index in [9.17, 15) is 8.42 Å². The Bertz CT molecular complexity index is 689. The summed E-state index contributed by atoms with van der Waals surface area (Å²) in [5, 5.41) is 0.172. The van der Waals surface area contributed by atoms with Crippen LogP contribution in [0.15, 0.2) is 29.2 Å². The Morgan fingerprint density at radius 2 is 1.67 bits per heavy atom. The third-order valence-corrected chi connectivity index (χ3v) is 10.0. The minimum atomic E-state index is -3.74. The van der Waals surface area contributed by atoms with Gasteiger partial charge in [0.15, 0.2) is 8.32 Å². The van der Waals surface area contributed by atoms with Gasteiger partial charge in [0, 0.05) is 13.0 Å². The van der Waals surface area contributed by atoms with Crippen LogP contribution in [0.4, 0.5) is 0 Å². The fourth-order valence-corrected chi connectivity index (χ4v) is 3.46. The summed E-state index contributed by atoms with van der Waals surface area (Å²) in [6.07, 6.45) is 0.570. The maximum Gasteiger partial charge on any atom is 0.297 e. The van der Waals surface area contributed by atoms with Gasteiger partial charge in [-0.1, -0.05) is 50.3 Å². The maximum atomic E-state index is 12.0. The molecule has 1 rings (SSSR count). The molecule has 0 aliphatic heterocycles. The van der Waals surface area contributed by atoms with Gasteiger partial charge in [0.2, 0.25) is 0 Å². The molecule has 0 aromatic heterocycles. The number of aryl methyl sites for hydroxylation is 1. The van der Waals surface area contributed by atoms with Crippen molar-refractivity contribution in [1.29, 1.82) is 0 Å². The summed E-state index contributed by atoms with van der Waals surface area (Å²) < 4.78 is 34.9. The van der Waals surface area contributed by atoms with E-state index < -0.39 is 18.4 Å². The molecule has 24 heavy (non-hydrogen) atoms. The largest absolute Gasteiger partial charge is 0.416 e. The first-order valence-electron chi connectivity index (χ1n) is 8.01. The van der Waals surface area contributed by atoms with E-state index >= 15 is 0 Å². The fraction of sp³-hybridized carbons (Fsp3) is 0.556. The van der Waals surface area contributed by atoms with Crippen molar-refractivity contribution in [1.82, 2.24) is 0 Å². The second-order valence-electron chi connectivity index (χ2n) is 7.24. The molecule has 134 valence electrons. The zero-order valence-electron chi connectivity index (χ0n) is 15.5. The van der Waals surface area contributed by atoms with Gasteiger partial charge in [0.1, 0.15) is 6.61 Å². The van der Waals surface area contributed by atoms with E-state index in [0.717, 1.165) is 5.56 Å². The quantitative estimate of drug-likeness (QED) is 0.328. The van der Waals surface area contributed by atoms with Gasteiger partial charge in [-0.2, -0.15) is 8.42 Å². The zero-order valence-corrected chi connectivity index (χ0v) is 17.3. The number of hydrogen-bond donors (Lipinski definition) is 0. The van der Waals surface area contributed by atoms with E-state index in [1.165, 1.54) is 12.1 Å². The van der Waals surface area contributed by atoms with Crippen LogP contribution in [-0.2, 0) is 18.7 Å². The van der Waals surface area contributed by atoms with Crippen molar-refractivity contribution in [3.63, 3.8) is 0 Å². The Balaban J connectivity index is 2.41. The topological polar surface area (TPSA) is 52.6 Å². The lowest BCUT2D eigenvalue weighted by molar-refractivity contribution is 0.296. The van der Waals surface area contributed by atoms with Crippen molar-refractivity contribution in [3.8, 4) is 11.8 Å². The first-order valence-corrected chi connectivity index (χ1v) is 12.3. The molecule has 1 aromatic carbocycles. The number of rotatable bonds is 6. The lowest BCUT2D eigenvalue weighted by atomic mass is 10.2. The molecule has 0 atom stereocenters. The summed E-state index contributed by atoms with van der Waals surface area (Å²) in [5.74, 6) is 5.63. The summed E-state index contributed by atoms with van der Waals surface area (Å²) in [6.45, 7) is 13.3. The van der Waals surface area contributed by atoms with Crippen LogP contribution in [0.25, 0.3) is 0 Å². The van der Waals surface area contributed by atoms with Crippen LogP contribution < -0.4 is 0 Å². The minimum absolute atomic E-state index is 0.143. The monoisotopic (exact) mass is 368 g/mol. The summed E-state index contributed by atoms with van der Waals surface area (Å²) in [7, 11) is -5.49. The number of benzene rings is 1. The fourth-order valence-electron chi connectivity index (χ4n) is 1.59. The molecule has 0 bridgehead atoms. The van der Waals surface area contributed by atoms with Crippen LogP contribution in [-0.4, -0.2) is 29.9 Å².